The number of H-pyrrole nitrogens is 2. The molecule has 0 bridgehead atoms. The molecule has 3 amide bonds. The third-order valence-corrected chi connectivity index (χ3v) is 5.75. The number of benzene rings is 1. The van der Waals surface area contributed by atoms with Gasteiger partial charge in [0.25, 0.3) is 0 Å². The highest BCUT2D eigenvalue weighted by molar-refractivity contribution is 5.94. The lowest BCUT2D eigenvalue weighted by atomic mass is 10.0. The first-order chi connectivity index (χ1) is 18.7. The zero-order valence-electron chi connectivity index (χ0n) is 20.7. The largest absolute Gasteiger partial charge is 0.508 e. The fourth-order valence-corrected chi connectivity index (χ4v) is 3.64. The highest BCUT2D eigenvalue weighted by Crippen LogP contribution is 2.12. The molecular formula is C24H30N8O7. The van der Waals surface area contributed by atoms with E-state index in [1.807, 2.05) is 0 Å². The Morgan fingerprint density at radius 1 is 0.795 bits per heavy atom. The number of aromatic amines is 2. The number of aliphatic hydroxyl groups excluding tert-OH is 1. The zero-order valence-corrected chi connectivity index (χ0v) is 20.7. The maximum absolute atomic E-state index is 13.2. The van der Waals surface area contributed by atoms with Crippen molar-refractivity contribution in [2.75, 3.05) is 6.61 Å². The number of aliphatic hydroxyl groups is 1. The molecule has 0 saturated heterocycles. The first-order valence-electron chi connectivity index (χ1n) is 11.9. The van der Waals surface area contributed by atoms with Crippen molar-refractivity contribution >= 4 is 23.7 Å². The lowest BCUT2D eigenvalue weighted by Gasteiger charge is -2.24. The molecule has 0 fully saturated rings. The number of imidazole rings is 2. The summed E-state index contributed by atoms with van der Waals surface area (Å²) in [6, 6.07) is 0.784. The maximum atomic E-state index is 13.2. The van der Waals surface area contributed by atoms with E-state index in [1.54, 1.807) is 12.1 Å². The van der Waals surface area contributed by atoms with Gasteiger partial charge in [-0.2, -0.15) is 0 Å². The minimum absolute atomic E-state index is 0.00509. The van der Waals surface area contributed by atoms with Crippen molar-refractivity contribution in [3.8, 4) is 5.75 Å². The molecule has 10 N–H and O–H groups in total. The number of rotatable bonds is 14. The van der Waals surface area contributed by atoms with Crippen LogP contribution >= 0.6 is 0 Å². The van der Waals surface area contributed by atoms with Gasteiger partial charge in [-0.15, -0.1) is 0 Å². The van der Waals surface area contributed by atoms with Crippen molar-refractivity contribution in [1.82, 2.24) is 35.9 Å². The number of nitrogens with zero attached hydrogens (tertiary/aromatic N) is 2. The fraction of sp³-hybridized carbons (Fsp3) is 0.333. The Kier molecular flexibility index (Phi) is 10.1. The van der Waals surface area contributed by atoms with E-state index in [1.165, 1.54) is 37.2 Å². The summed E-state index contributed by atoms with van der Waals surface area (Å²) in [5.41, 5.74) is 7.63. The molecule has 2 heterocycles. The van der Waals surface area contributed by atoms with Gasteiger partial charge in [-0.25, -0.2) is 14.8 Å². The van der Waals surface area contributed by atoms with E-state index in [-0.39, 0.29) is 25.0 Å². The first-order valence-corrected chi connectivity index (χ1v) is 11.9. The van der Waals surface area contributed by atoms with Gasteiger partial charge in [-0.3, -0.25) is 14.4 Å². The summed E-state index contributed by atoms with van der Waals surface area (Å²) in [5, 5.41) is 36.0. The number of aliphatic carboxylic acids is 1. The van der Waals surface area contributed by atoms with Crippen molar-refractivity contribution in [2.24, 2.45) is 5.73 Å². The molecule has 3 aromatic rings. The number of nitrogens with one attached hydrogen (secondary N) is 5. The van der Waals surface area contributed by atoms with E-state index < -0.39 is 54.5 Å². The molecule has 0 aliphatic heterocycles. The lowest BCUT2D eigenvalue weighted by Crippen LogP contribution is -2.58. The minimum atomic E-state index is -1.51. The average molecular weight is 543 g/mol. The Morgan fingerprint density at radius 2 is 1.33 bits per heavy atom. The minimum Gasteiger partial charge on any atom is -0.508 e. The van der Waals surface area contributed by atoms with Gasteiger partial charge < -0.3 is 47.0 Å². The Balaban J connectivity index is 1.70. The number of carbonyl (C=O) groups is 4. The number of aromatic nitrogens is 4. The summed E-state index contributed by atoms with van der Waals surface area (Å²) in [4.78, 5) is 63.6. The van der Waals surface area contributed by atoms with E-state index in [0.29, 0.717) is 17.0 Å². The van der Waals surface area contributed by atoms with E-state index >= 15 is 0 Å². The van der Waals surface area contributed by atoms with Crippen LogP contribution in [-0.2, 0) is 38.4 Å². The molecule has 0 radical (unpaired) electrons. The number of hydrogen-bond acceptors (Lipinski definition) is 9. The Hall–Kier alpha value is -4.76. The first kappa shape index (κ1) is 28.8. The second-order valence-corrected chi connectivity index (χ2v) is 8.74. The van der Waals surface area contributed by atoms with Crippen LogP contribution < -0.4 is 21.7 Å². The predicted octanol–water partition coefficient (Wildman–Crippen LogP) is -2.28. The van der Waals surface area contributed by atoms with Crippen LogP contribution in [0.1, 0.15) is 17.0 Å². The molecule has 0 spiro atoms. The number of amides is 3. The second-order valence-electron chi connectivity index (χ2n) is 8.74. The van der Waals surface area contributed by atoms with Crippen LogP contribution in [0.15, 0.2) is 49.3 Å². The van der Waals surface area contributed by atoms with Crippen LogP contribution in [0.2, 0.25) is 0 Å². The Morgan fingerprint density at radius 3 is 1.87 bits per heavy atom. The van der Waals surface area contributed by atoms with Crippen LogP contribution in [0, 0.1) is 0 Å². The average Bonchev–Trinajstić information content (AvgIpc) is 3.62. The maximum Gasteiger partial charge on any atom is 0.326 e. The SMILES string of the molecule is NC(Cc1cnc[nH]1)C(=O)NC(Cc1ccc(O)cc1)C(=O)NC(CO)C(=O)NC(Cc1cnc[nH]1)C(=O)O. The summed E-state index contributed by atoms with van der Waals surface area (Å²) >= 11 is 0. The quantitative estimate of drug-likeness (QED) is 0.106. The molecule has 0 aliphatic rings. The number of carboxylic acid groups (broad SMARTS) is 1. The van der Waals surface area contributed by atoms with Gasteiger partial charge >= 0.3 is 5.97 Å². The van der Waals surface area contributed by atoms with Gasteiger partial charge in [0.1, 0.15) is 23.9 Å². The van der Waals surface area contributed by atoms with E-state index in [4.69, 9.17) is 5.73 Å². The van der Waals surface area contributed by atoms with E-state index in [9.17, 15) is 34.5 Å². The van der Waals surface area contributed by atoms with Gasteiger partial charge in [-0.1, -0.05) is 12.1 Å². The number of nitrogens with two attached hydrogens (primary N) is 1. The second kappa shape index (κ2) is 13.7. The van der Waals surface area contributed by atoms with Crippen LogP contribution in [0.25, 0.3) is 0 Å². The number of phenols is 1. The third kappa shape index (κ3) is 8.65. The van der Waals surface area contributed by atoms with Crippen molar-refractivity contribution in [3.05, 3.63) is 66.3 Å². The topological polar surface area (TPSA) is 248 Å². The zero-order chi connectivity index (χ0) is 28.4. The third-order valence-electron chi connectivity index (χ3n) is 5.75. The van der Waals surface area contributed by atoms with Gasteiger partial charge in [-0.05, 0) is 17.7 Å². The summed E-state index contributed by atoms with van der Waals surface area (Å²) in [7, 11) is 0. The summed E-state index contributed by atoms with van der Waals surface area (Å²) in [6.07, 6.45) is 5.68. The fourth-order valence-electron chi connectivity index (χ4n) is 3.64. The predicted molar refractivity (Wildman–Crippen MR) is 135 cm³/mol. The normalized spacial score (nSPS) is 14.0. The molecule has 39 heavy (non-hydrogen) atoms. The Bertz CT molecular complexity index is 1230. The molecule has 4 atom stereocenters. The summed E-state index contributed by atoms with van der Waals surface area (Å²) < 4.78 is 0. The standard InChI is InChI=1S/C24H30N8O7/c25-17(6-14-8-26-11-28-14)21(35)30-18(5-13-1-3-16(34)4-2-13)22(36)32-20(10-33)23(37)31-19(24(38)39)7-15-9-27-12-29-15/h1-4,8-9,11-12,17-20,33-34H,5-7,10,25H2,(H,26,28)(H,27,29)(H,30,35)(H,31,37)(H,32,36)(H,38,39). The molecule has 15 heteroatoms. The molecular weight excluding hydrogens is 512 g/mol. The molecule has 1 aromatic carbocycles. The molecule has 4 unspecified atom stereocenters. The van der Waals surface area contributed by atoms with Crippen molar-refractivity contribution in [1.29, 1.82) is 0 Å². The van der Waals surface area contributed by atoms with Crippen LogP contribution in [0.5, 0.6) is 5.75 Å². The Labute approximate surface area is 222 Å². The smallest absolute Gasteiger partial charge is 0.326 e. The van der Waals surface area contributed by atoms with Gasteiger partial charge in [0.2, 0.25) is 17.7 Å². The van der Waals surface area contributed by atoms with Crippen LogP contribution in [-0.4, -0.2) is 89.7 Å². The number of carboxylic acids is 1. The van der Waals surface area contributed by atoms with Crippen molar-refractivity contribution in [2.45, 2.75) is 43.4 Å². The number of carbonyl (C=O) groups excluding carboxylic acids is 3. The molecule has 208 valence electrons. The molecule has 3 rings (SSSR count). The molecule has 15 nitrogen and oxygen atoms in total. The number of phenolic OH excluding ortho intramolecular Hbond substituents is 1. The number of hydrogen-bond donors (Lipinski definition) is 9. The van der Waals surface area contributed by atoms with Crippen LogP contribution in [0.3, 0.4) is 0 Å². The highest BCUT2D eigenvalue weighted by Gasteiger charge is 2.30. The van der Waals surface area contributed by atoms with Crippen molar-refractivity contribution in [3.63, 3.8) is 0 Å². The number of aromatic hydroxyl groups is 1. The van der Waals surface area contributed by atoms with Crippen molar-refractivity contribution < 1.29 is 34.5 Å². The summed E-state index contributed by atoms with van der Waals surface area (Å²) in [5.74, 6) is -3.74. The monoisotopic (exact) mass is 542 g/mol. The molecule has 2 aromatic heterocycles. The molecule has 0 saturated carbocycles. The lowest BCUT2D eigenvalue weighted by molar-refractivity contribution is -0.142. The van der Waals surface area contributed by atoms with Gasteiger partial charge in [0, 0.05) is 43.0 Å². The highest BCUT2D eigenvalue weighted by atomic mass is 16.4. The van der Waals surface area contributed by atoms with E-state index in [2.05, 4.69) is 35.9 Å². The van der Waals surface area contributed by atoms with Crippen LogP contribution in [0.4, 0.5) is 0 Å². The molecule has 0 aliphatic carbocycles. The van der Waals surface area contributed by atoms with E-state index in [0.717, 1.165) is 0 Å². The summed E-state index contributed by atoms with van der Waals surface area (Å²) in [6.45, 7) is -0.840. The van der Waals surface area contributed by atoms with Gasteiger partial charge in [0.15, 0.2) is 0 Å². The van der Waals surface area contributed by atoms with Gasteiger partial charge in [0.05, 0.1) is 25.3 Å².